The second kappa shape index (κ2) is 8.73. The lowest BCUT2D eigenvalue weighted by atomic mass is 10.1. The third-order valence-corrected chi connectivity index (χ3v) is 3.54. The second-order valence-corrected chi connectivity index (χ2v) is 5.30. The normalized spacial score (nSPS) is 12.1. The Bertz CT molecular complexity index is 636. The van der Waals surface area contributed by atoms with E-state index in [-0.39, 0.29) is 18.6 Å². The molecule has 4 heteroatoms. The molecule has 0 bridgehead atoms. The molecule has 0 fully saturated rings. The Morgan fingerprint density at radius 2 is 1.87 bits per heavy atom. The van der Waals surface area contributed by atoms with Crippen LogP contribution < -0.4 is 5.32 Å². The summed E-state index contributed by atoms with van der Waals surface area (Å²) in [7, 11) is 0. The predicted molar refractivity (Wildman–Crippen MR) is 92.4 cm³/mol. The summed E-state index contributed by atoms with van der Waals surface area (Å²) in [5.41, 5.74) is 3.28. The number of rotatable bonds is 7. The molecule has 2 aromatic carbocycles. The highest BCUT2D eigenvalue weighted by Gasteiger charge is 2.09. The highest BCUT2D eigenvalue weighted by Crippen LogP contribution is 2.13. The second-order valence-electron chi connectivity index (χ2n) is 5.30. The van der Waals surface area contributed by atoms with Gasteiger partial charge in [0, 0.05) is 0 Å². The summed E-state index contributed by atoms with van der Waals surface area (Å²) in [6, 6.07) is 17.8. The van der Waals surface area contributed by atoms with Crippen LogP contribution >= 0.6 is 0 Å². The highest BCUT2D eigenvalue weighted by atomic mass is 16.6. The quantitative estimate of drug-likeness (QED) is 0.629. The Balaban J connectivity index is 1.76. The van der Waals surface area contributed by atoms with Gasteiger partial charge in [0.2, 0.25) is 0 Å². The van der Waals surface area contributed by atoms with Crippen molar-refractivity contribution in [2.24, 2.45) is 5.16 Å². The van der Waals surface area contributed by atoms with Gasteiger partial charge in [0.15, 0.2) is 6.61 Å². The van der Waals surface area contributed by atoms with E-state index in [4.69, 9.17) is 4.84 Å². The van der Waals surface area contributed by atoms with Crippen molar-refractivity contribution < 1.29 is 9.63 Å². The molecule has 0 radical (unpaired) electrons. The molecule has 4 nitrogen and oxygen atoms in total. The summed E-state index contributed by atoms with van der Waals surface area (Å²) in [6.45, 7) is 3.97. The fourth-order valence-corrected chi connectivity index (χ4v) is 2.14. The molecule has 0 aromatic heterocycles. The molecule has 1 unspecified atom stereocenters. The minimum absolute atomic E-state index is 0.0601. The van der Waals surface area contributed by atoms with Crippen LogP contribution in [0.3, 0.4) is 0 Å². The topological polar surface area (TPSA) is 50.7 Å². The molecule has 1 N–H and O–H groups in total. The van der Waals surface area contributed by atoms with Gasteiger partial charge in [-0.15, -0.1) is 0 Å². The maximum Gasteiger partial charge on any atom is 0.261 e. The van der Waals surface area contributed by atoms with Gasteiger partial charge in [-0.2, -0.15) is 0 Å². The van der Waals surface area contributed by atoms with Crippen molar-refractivity contribution in [1.82, 2.24) is 5.32 Å². The van der Waals surface area contributed by atoms with Gasteiger partial charge in [0.05, 0.1) is 12.3 Å². The molecule has 1 atom stereocenters. The van der Waals surface area contributed by atoms with Crippen molar-refractivity contribution in [2.75, 3.05) is 6.61 Å². The number of hydrogen-bond donors (Lipinski definition) is 1. The van der Waals surface area contributed by atoms with Gasteiger partial charge < -0.3 is 10.2 Å². The first-order valence-corrected chi connectivity index (χ1v) is 7.77. The molecular formula is C19H22N2O2. The van der Waals surface area contributed by atoms with Crippen LogP contribution in [0.2, 0.25) is 0 Å². The first-order chi connectivity index (χ1) is 11.2. The van der Waals surface area contributed by atoms with Crippen molar-refractivity contribution in [2.45, 2.75) is 26.3 Å². The molecule has 1 amide bonds. The molecule has 0 aliphatic heterocycles. The number of carbonyl (C=O) groups is 1. The molecule has 0 heterocycles. The van der Waals surface area contributed by atoms with Gasteiger partial charge in [-0.25, -0.2) is 0 Å². The van der Waals surface area contributed by atoms with Crippen LogP contribution in [0.4, 0.5) is 0 Å². The Morgan fingerprint density at radius 1 is 1.17 bits per heavy atom. The zero-order chi connectivity index (χ0) is 16.5. The Hall–Kier alpha value is -2.62. The fourth-order valence-electron chi connectivity index (χ4n) is 2.14. The van der Waals surface area contributed by atoms with Crippen LogP contribution in [0.5, 0.6) is 0 Å². The van der Waals surface area contributed by atoms with Crippen molar-refractivity contribution in [3.05, 3.63) is 71.3 Å². The molecule has 0 saturated heterocycles. The molecule has 2 aromatic rings. The largest absolute Gasteiger partial charge is 0.386 e. The van der Waals surface area contributed by atoms with Gasteiger partial charge in [-0.05, 0) is 30.0 Å². The molecule has 120 valence electrons. The number of nitrogens with one attached hydrogen (secondary N) is 1. The predicted octanol–water partition coefficient (Wildman–Crippen LogP) is 3.48. The van der Waals surface area contributed by atoms with E-state index in [1.165, 1.54) is 5.56 Å². The summed E-state index contributed by atoms with van der Waals surface area (Å²) in [5.74, 6) is -0.192. The lowest BCUT2D eigenvalue weighted by Crippen LogP contribution is -2.29. The van der Waals surface area contributed by atoms with E-state index in [0.717, 1.165) is 17.5 Å². The first-order valence-electron chi connectivity index (χ1n) is 7.77. The van der Waals surface area contributed by atoms with E-state index in [2.05, 4.69) is 29.5 Å². The van der Waals surface area contributed by atoms with Crippen LogP contribution in [-0.2, 0) is 16.1 Å². The molecule has 0 aliphatic carbocycles. The lowest BCUT2D eigenvalue weighted by Gasteiger charge is -2.14. The zero-order valence-electron chi connectivity index (χ0n) is 13.5. The molecule has 0 saturated carbocycles. The molecule has 0 spiro atoms. The number of carbonyl (C=O) groups excluding carboxylic acids is 1. The lowest BCUT2D eigenvalue weighted by molar-refractivity contribution is -0.126. The smallest absolute Gasteiger partial charge is 0.261 e. The van der Waals surface area contributed by atoms with Gasteiger partial charge >= 0.3 is 0 Å². The summed E-state index contributed by atoms with van der Waals surface area (Å²) < 4.78 is 0. The minimum atomic E-state index is -0.192. The average Bonchev–Trinajstić information content (AvgIpc) is 2.59. The Kier molecular flexibility index (Phi) is 6.36. The van der Waals surface area contributed by atoms with Gasteiger partial charge in [-0.3, -0.25) is 4.79 Å². The standard InChI is InChI=1S/C19H22N2O2/c1-3-16-9-11-18(12-10-16)15(2)21-19(22)14-23-20-13-17-7-5-4-6-8-17/h4-13,15H,3,14H2,1-2H3,(H,21,22)/b20-13+. The number of nitrogens with zero attached hydrogens (tertiary/aromatic N) is 1. The van der Waals surface area contributed by atoms with Crippen molar-refractivity contribution >= 4 is 12.1 Å². The Morgan fingerprint density at radius 3 is 2.52 bits per heavy atom. The SMILES string of the molecule is CCc1ccc(C(C)NC(=O)CO/N=C/c2ccccc2)cc1. The highest BCUT2D eigenvalue weighted by molar-refractivity contribution is 5.79. The van der Waals surface area contributed by atoms with E-state index in [1.54, 1.807) is 6.21 Å². The summed E-state index contributed by atoms with van der Waals surface area (Å²) in [5, 5.41) is 6.69. The summed E-state index contributed by atoms with van der Waals surface area (Å²) in [6.07, 6.45) is 2.59. The maximum absolute atomic E-state index is 11.9. The molecule has 23 heavy (non-hydrogen) atoms. The molecule has 2 rings (SSSR count). The Labute approximate surface area is 137 Å². The summed E-state index contributed by atoms with van der Waals surface area (Å²) in [4.78, 5) is 16.9. The third-order valence-electron chi connectivity index (χ3n) is 3.54. The van der Waals surface area contributed by atoms with Crippen molar-refractivity contribution in [3.8, 4) is 0 Å². The number of hydrogen-bond acceptors (Lipinski definition) is 3. The fraction of sp³-hybridized carbons (Fsp3) is 0.263. The molecule has 0 aliphatic rings. The van der Waals surface area contributed by atoms with E-state index in [1.807, 2.05) is 49.4 Å². The van der Waals surface area contributed by atoms with Crippen molar-refractivity contribution in [1.29, 1.82) is 0 Å². The third kappa shape index (κ3) is 5.58. The molecular weight excluding hydrogens is 288 g/mol. The monoisotopic (exact) mass is 310 g/mol. The number of benzene rings is 2. The van der Waals surface area contributed by atoms with E-state index in [0.29, 0.717) is 0 Å². The van der Waals surface area contributed by atoms with Crippen LogP contribution in [0.1, 0.15) is 36.6 Å². The van der Waals surface area contributed by atoms with Gasteiger partial charge in [0.1, 0.15) is 0 Å². The number of oxime groups is 1. The zero-order valence-corrected chi connectivity index (χ0v) is 13.5. The van der Waals surface area contributed by atoms with Crippen LogP contribution in [0.25, 0.3) is 0 Å². The first kappa shape index (κ1) is 16.7. The van der Waals surface area contributed by atoms with E-state index < -0.39 is 0 Å². The number of aryl methyl sites for hydroxylation is 1. The summed E-state index contributed by atoms with van der Waals surface area (Å²) >= 11 is 0. The maximum atomic E-state index is 11.9. The minimum Gasteiger partial charge on any atom is -0.386 e. The van der Waals surface area contributed by atoms with Crippen molar-refractivity contribution in [3.63, 3.8) is 0 Å². The van der Waals surface area contributed by atoms with Gasteiger partial charge in [-0.1, -0.05) is 66.7 Å². The number of amides is 1. The average molecular weight is 310 g/mol. The van der Waals surface area contributed by atoms with Crippen LogP contribution in [0.15, 0.2) is 59.8 Å². The van der Waals surface area contributed by atoms with Gasteiger partial charge in [0.25, 0.3) is 5.91 Å². The van der Waals surface area contributed by atoms with E-state index >= 15 is 0 Å². The van der Waals surface area contributed by atoms with E-state index in [9.17, 15) is 4.79 Å². The van der Waals surface area contributed by atoms with Crippen LogP contribution in [0, 0.1) is 0 Å². The van der Waals surface area contributed by atoms with Crippen LogP contribution in [-0.4, -0.2) is 18.7 Å².